The number of carbonyl (C=O) groups is 1. The summed E-state index contributed by atoms with van der Waals surface area (Å²) >= 11 is 1.28. The van der Waals surface area contributed by atoms with Gasteiger partial charge in [-0.2, -0.15) is 5.10 Å². The molecule has 0 aliphatic carbocycles. The number of phenols is 1. The van der Waals surface area contributed by atoms with Gasteiger partial charge in [-0.25, -0.2) is 5.43 Å². The zero-order valence-corrected chi connectivity index (χ0v) is 18.2. The van der Waals surface area contributed by atoms with Gasteiger partial charge < -0.3 is 5.11 Å². The molecule has 0 atom stereocenters. The molecule has 7 nitrogen and oxygen atoms in total. The molecule has 0 aliphatic rings. The topological polar surface area (TPSA) is 92.4 Å². The van der Waals surface area contributed by atoms with E-state index in [1.165, 1.54) is 18.0 Å². The van der Waals surface area contributed by atoms with E-state index in [1.807, 2.05) is 66.1 Å². The SMILES string of the molecule is Cc1ccc(-n2c(SCC(=O)NN=Cc3cccc(O)c3)nnc2-c2ccccc2)cc1. The van der Waals surface area contributed by atoms with Crippen molar-refractivity contribution in [3.63, 3.8) is 0 Å². The van der Waals surface area contributed by atoms with Gasteiger partial charge in [-0.1, -0.05) is 71.9 Å². The summed E-state index contributed by atoms with van der Waals surface area (Å²) in [6, 6.07) is 24.5. The summed E-state index contributed by atoms with van der Waals surface area (Å²) in [4.78, 5) is 12.3. The van der Waals surface area contributed by atoms with Crippen LogP contribution in [0.1, 0.15) is 11.1 Å². The Kier molecular flexibility index (Phi) is 6.62. The van der Waals surface area contributed by atoms with Gasteiger partial charge in [-0.05, 0) is 36.8 Å². The fourth-order valence-corrected chi connectivity index (χ4v) is 3.75. The highest BCUT2D eigenvalue weighted by molar-refractivity contribution is 7.99. The first kappa shape index (κ1) is 21.3. The highest BCUT2D eigenvalue weighted by atomic mass is 32.2. The molecule has 4 rings (SSSR count). The molecule has 8 heteroatoms. The van der Waals surface area contributed by atoms with Crippen LogP contribution in [0.4, 0.5) is 0 Å². The smallest absolute Gasteiger partial charge is 0.250 e. The predicted octanol–water partition coefficient (Wildman–Crippen LogP) is 4.19. The molecule has 0 unspecified atom stereocenters. The molecule has 0 fully saturated rings. The summed E-state index contributed by atoms with van der Waals surface area (Å²) in [7, 11) is 0. The van der Waals surface area contributed by atoms with E-state index in [4.69, 9.17) is 0 Å². The Bertz CT molecular complexity index is 1240. The number of benzene rings is 3. The molecule has 2 N–H and O–H groups in total. The summed E-state index contributed by atoms with van der Waals surface area (Å²) in [5.41, 5.74) is 6.19. The van der Waals surface area contributed by atoms with Crippen molar-refractivity contribution in [2.45, 2.75) is 12.1 Å². The van der Waals surface area contributed by atoms with Crippen LogP contribution in [0.5, 0.6) is 5.75 Å². The van der Waals surface area contributed by atoms with Gasteiger partial charge in [0.05, 0.1) is 12.0 Å². The lowest BCUT2D eigenvalue weighted by atomic mass is 10.2. The number of aryl methyl sites for hydroxylation is 1. The van der Waals surface area contributed by atoms with Crippen molar-refractivity contribution < 1.29 is 9.90 Å². The molecule has 3 aromatic carbocycles. The normalized spacial score (nSPS) is 11.0. The highest BCUT2D eigenvalue weighted by Crippen LogP contribution is 2.28. The van der Waals surface area contributed by atoms with Crippen LogP contribution in [0.15, 0.2) is 89.1 Å². The second-order valence-corrected chi connectivity index (χ2v) is 7.96. The predicted molar refractivity (Wildman–Crippen MR) is 126 cm³/mol. The van der Waals surface area contributed by atoms with Crippen molar-refractivity contribution in [3.8, 4) is 22.8 Å². The quantitative estimate of drug-likeness (QED) is 0.254. The molecule has 0 saturated heterocycles. The molecule has 1 aromatic heterocycles. The maximum absolute atomic E-state index is 12.3. The van der Waals surface area contributed by atoms with Gasteiger partial charge >= 0.3 is 0 Å². The molecule has 0 spiro atoms. The van der Waals surface area contributed by atoms with Gasteiger partial charge in [0.1, 0.15) is 5.75 Å². The van der Waals surface area contributed by atoms with Crippen molar-refractivity contribution >= 4 is 23.9 Å². The molecule has 0 saturated carbocycles. The monoisotopic (exact) mass is 443 g/mol. The summed E-state index contributed by atoms with van der Waals surface area (Å²) in [6.45, 7) is 2.03. The Labute approximate surface area is 189 Å². The Morgan fingerprint density at radius 3 is 2.59 bits per heavy atom. The van der Waals surface area contributed by atoms with Gasteiger partial charge in [-0.15, -0.1) is 10.2 Å². The number of aromatic hydroxyl groups is 1. The van der Waals surface area contributed by atoms with Crippen molar-refractivity contribution in [1.29, 1.82) is 0 Å². The number of thioether (sulfide) groups is 1. The average Bonchev–Trinajstić information content (AvgIpc) is 3.23. The lowest BCUT2D eigenvalue weighted by Gasteiger charge is -2.10. The third-order valence-corrected chi connectivity index (χ3v) is 5.49. The number of hydrogen-bond donors (Lipinski definition) is 2. The van der Waals surface area contributed by atoms with E-state index in [2.05, 4.69) is 20.7 Å². The first-order chi connectivity index (χ1) is 15.6. The standard InChI is InChI=1S/C24H21N5O2S/c1-17-10-12-20(13-11-17)29-23(19-7-3-2-4-8-19)27-28-24(29)32-16-22(31)26-25-15-18-6-5-9-21(30)14-18/h2-15,30H,16H2,1H3,(H,26,31). The maximum atomic E-state index is 12.3. The van der Waals surface area contributed by atoms with E-state index < -0.39 is 0 Å². The maximum Gasteiger partial charge on any atom is 0.250 e. The van der Waals surface area contributed by atoms with Crippen LogP contribution in [0.2, 0.25) is 0 Å². The number of hydrazone groups is 1. The summed E-state index contributed by atoms with van der Waals surface area (Å²) in [6.07, 6.45) is 1.48. The summed E-state index contributed by atoms with van der Waals surface area (Å²) in [5.74, 6) is 0.696. The van der Waals surface area contributed by atoms with Crippen molar-refractivity contribution in [3.05, 3.63) is 90.0 Å². The number of carbonyl (C=O) groups excluding carboxylic acids is 1. The van der Waals surface area contributed by atoms with Gasteiger partial charge in [0.25, 0.3) is 5.91 Å². The minimum Gasteiger partial charge on any atom is -0.508 e. The summed E-state index contributed by atoms with van der Waals surface area (Å²) in [5, 5.41) is 22.8. The molecule has 0 radical (unpaired) electrons. The lowest BCUT2D eigenvalue weighted by Crippen LogP contribution is -2.20. The lowest BCUT2D eigenvalue weighted by molar-refractivity contribution is -0.118. The van der Waals surface area contributed by atoms with Crippen LogP contribution in [-0.2, 0) is 4.79 Å². The largest absolute Gasteiger partial charge is 0.508 e. The van der Waals surface area contributed by atoms with E-state index in [-0.39, 0.29) is 17.4 Å². The van der Waals surface area contributed by atoms with Crippen molar-refractivity contribution in [2.75, 3.05) is 5.75 Å². The van der Waals surface area contributed by atoms with E-state index in [0.717, 1.165) is 16.8 Å². The van der Waals surface area contributed by atoms with E-state index in [1.54, 1.807) is 24.3 Å². The molecule has 1 heterocycles. The Morgan fingerprint density at radius 2 is 1.84 bits per heavy atom. The number of nitrogens with zero attached hydrogens (tertiary/aromatic N) is 4. The molecule has 32 heavy (non-hydrogen) atoms. The zero-order valence-electron chi connectivity index (χ0n) is 17.3. The van der Waals surface area contributed by atoms with Crippen molar-refractivity contribution in [1.82, 2.24) is 20.2 Å². The molecule has 0 aliphatic heterocycles. The number of aromatic nitrogens is 3. The van der Waals surface area contributed by atoms with Gasteiger partial charge in [0.15, 0.2) is 11.0 Å². The Hall–Kier alpha value is -3.91. The third kappa shape index (κ3) is 5.22. The number of rotatable bonds is 7. The fraction of sp³-hybridized carbons (Fsp3) is 0.0833. The van der Waals surface area contributed by atoms with Crippen LogP contribution in [0.25, 0.3) is 17.1 Å². The number of nitrogens with one attached hydrogen (secondary N) is 1. The first-order valence-corrected chi connectivity index (χ1v) is 10.9. The van der Waals surface area contributed by atoms with Crippen LogP contribution in [0.3, 0.4) is 0 Å². The van der Waals surface area contributed by atoms with E-state index in [0.29, 0.717) is 16.5 Å². The van der Waals surface area contributed by atoms with Crippen LogP contribution in [0, 0.1) is 6.92 Å². The van der Waals surface area contributed by atoms with Gasteiger partial charge in [0, 0.05) is 11.3 Å². The van der Waals surface area contributed by atoms with E-state index in [9.17, 15) is 9.90 Å². The molecular weight excluding hydrogens is 422 g/mol. The van der Waals surface area contributed by atoms with Crippen LogP contribution in [-0.4, -0.2) is 37.7 Å². The molecule has 1 amide bonds. The molecule has 160 valence electrons. The van der Waals surface area contributed by atoms with Crippen LogP contribution < -0.4 is 5.43 Å². The molecule has 4 aromatic rings. The molecular formula is C24H21N5O2S. The number of phenolic OH excluding ortho intramolecular Hbond substituents is 1. The van der Waals surface area contributed by atoms with E-state index >= 15 is 0 Å². The third-order valence-electron chi connectivity index (χ3n) is 4.56. The second kappa shape index (κ2) is 9.93. The fourth-order valence-electron chi connectivity index (χ4n) is 3.01. The highest BCUT2D eigenvalue weighted by Gasteiger charge is 2.17. The zero-order chi connectivity index (χ0) is 22.3. The minimum atomic E-state index is -0.272. The Morgan fingerprint density at radius 1 is 1.06 bits per heavy atom. The first-order valence-electron chi connectivity index (χ1n) is 9.92. The number of amides is 1. The minimum absolute atomic E-state index is 0.121. The summed E-state index contributed by atoms with van der Waals surface area (Å²) < 4.78 is 1.95. The van der Waals surface area contributed by atoms with Crippen LogP contribution >= 0.6 is 11.8 Å². The van der Waals surface area contributed by atoms with Gasteiger partial charge in [-0.3, -0.25) is 9.36 Å². The average molecular weight is 444 g/mol. The van der Waals surface area contributed by atoms with Gasteiger partial charge in [0.2, 0.25) is 0 Å². The Balaban J connectivity index is 1.50. The van der Waals surface area contributed by atoms with Crippen molar-refractivity contribution in [2.24, 2.45) is 5.10 Å². The molecule has 0 bridgehead atoms. The second-order valence-electron chi connectivity index (χ2n) is 7.02. The number of hydrogen-bond acceptors (Lipinski definition) is 6.